The van der Waals surface area contributed by atoms with Crippen LogP contribution in [0.1, 0.15) is 50.8 Å². The summed E-state index contributed by atoms with van der Waals surface area (Å²) in [6.07, 6.45) is 3.41. The Bertz CT molecular complexity index is 1130. The van der Waals surface area contributed by atoms with Crippen molar-refractivity contribution in [2.75, 3.05) is 6.61 Å². The number of hydrogen-bond donors (Lipinski definition) is 0. The van der Waals surface area contributed by atoms with Crippen molar-refractivity contribution < 1.29 is 23.4 Å². The molecule has 0 aliphatic heterocycles. The van der Waals surface area contributed by atoms with E-state index in [1.165, 1.54) is 11.6 Å². The van der Waals surface area contributed by atoms with E-state index in [1.54, 1.807) is 18.3 Å². The highest BCUT2D eigenvalue weighted by atomic mass is 19.1. The summed E-state index contributed by atoms with van der Waals surface area (Å²) in [5.74, 6) is 0.877. The molecule has 1 aliphatic rings. The number of nitrogens with zero attached hydrogens (tertiary/aromatic N) is 1. The number of halogens is 1. The van der Waals surface area contributed by atoms with Crippen molar-refractivity contribution in [2.24, 2.45) is 0 Å². The van der Waals surface area contributed by atoms with Crippen LogP contribution >= 0.6 is 0 Å². The first-order chi connectivity index (χ1) is 16.2. The molecular weight excluding hydrogens is 433 g/mol. The van der Waals surface area contributed by atoms with Gasteiger partial charge in [-0.2, -0.15) is 0 Å². The monoisotopic (exact) mass is 463 g/mol. The Morgan fingerprint density at radius 1 is 1.03 bits per heavy atom. The first-order valence-electron chi connectivity index (χ1n) is 11.5. The summed E-state index contributed by atoms with van der Waals surface area (Å²) in [7, 11) is 0. The number of aromatic nitrogens is 1. The van der Waals surface area contributed by atoms with E-state index in [9.17, 15) is 9.18 Å². The van der Waals surface area contributed by atoms with Crippen molar-refractivity contribution in [2.45, 2.75) is 58.2 Å². The molecule has 0 spiro atoms. The zero-order chi connectivity index (χ0) is 24.3. The van der Waals surface area contributed by atoms with E-state index < -0.39 is 5.60 Å². The van der Waals surface area contributed by atoms with Crippen LogP contribution in [0, 0.1) is 12.7 Å². The first kappa shape index (κ1) is 23.9. The Balaban J connectivity index is 1.34. The van der Waals surface area contributed by atoms with Gasteiger partial charge < -0.3 is 14.2 Å². The number of hydrogen-bond acceptors (Lipinski definition) is 5. The van der Waals surface area contributed by atoms with Crippen LogP contribution in [0.3, 0.4) is 0 Å². The topological polar surface area (TPSA) is 57.7 Å². The van der Waals surface area contributed by atoms with Crippen LogP contribution in [0.4, 0.5) is 4.39 Å². The maximum absolute atomic E-state index is 14.6. The van der Waals surface area contributed by atoms with Crippen molar-refractivity contribution in [1.82, 2.24) is 4.98 Å². The van der Waals surface area contributed by atoms with Gasteiger partial charge in [-0.1, -0.05) is 24.3 Å². The Hall–Kier alpha value is -3.25. The lowest BCUT2D eigenvalue weighted by Gasteiger charge is -2.35. The zero-order valence-corrected chi connectivity index (χ0v) is 20.0. The summed E-state index contributed by atoms with van der Waals surface area (Å²) in [4.78, 5) is 16.0. The molecule has 0 radical (unpaired) electrons. The predicted molar refractivity (Wildman–Crippen MR) is 128 cm³/mol. The van der Waals surface area contributed by atoms with E-state index in [1.807, 2.05) is 64.1 Å². The minimum absolute atomic E-state index is 0.0239. The van der Waals surface area contributed by atoms with Crippen molar-refractivity contribution in [3.8, 4) is 22.6 Å². The zero-order valence-electron chi connectivity index (χ0n) is 20.0. The highest BCUT2D eigenvalue weighted by molar-refractivity contribution is 5.71. The molecule has 0 amide bonds. The van der Waals surface area contributed by atoms with Gasteiger partial charge in [0.25, 0.3) is 0 Å². The maximum atomic E-state index is 14.6. The predicted octanol–water partition coefficient (Wildman–Crippen LogP) is 6.59. The van der Waals surface area contributed by atoms with Crippen LogP contribution in [0.5, 0.6) is 11.5 Å². The van der Waals surface area contributed by atoms with Crippen molar-refractivity contribution in [3.63, 3.8) is 0 Å². The van der Waals surface area contributed by atoms with Gasteiger partial charge in [0, 0.05) is 11.3 Å². The molecule has 34 heavy (non-hydrogen) atoms. The van der Waals surface area contributed by atoms with Gasteiger partial charge in [0.2, 0.25) is 0 Å². The second-order valence-corrected chi connectivity index (χ2v) is 9.69. The molecule has 2 aromatic carbocycles. The molecule has 3 aromatic rings. The van der Waals surface area contributed by atoms with Crippen molar-refractivity contribution in [3.05, 3.63) is 77.9 Å². The van der Waals surface area contributed by atoms with E-state index >= 15 is 0 Å². The van der Waals surface area contributed by atoms with Gasteiger partial charge in [-0.25, -0.2) is 9.18 Å². The van der Waals surface area contributed by atoms with Crippen LogP contribution in [-0.2, 0) is 14.3 Å². The fourth-order valence-electron chi connectivity index (χ4n) is 3.91. The quantitative estimate of drug-likeness (QED) is 0.370. The van der Waals surface area contributed by atoms with Gasteiger partial charge in [-0.15, -0.1) is 0 Å². The summed E-state index contributed by atoms with van der Waals surface area (Å²) < 4.78 is 31.4. The SMILES string of the molecule is Cc1ccc(Oc2ccc(F)c(-c3ccc(C4CC(OCC(=O)OC(C)(C)C)C4)cc3)c2)cn1. The minimum Gasteiger partial charge on any atom is -0.458 e. The molecule has 1 aromatic heterocycles. The molecule has 1 aliphatic carbocycles. The molecule has 0 unspecified atom stereocenters. The van der Waals surface area contributed by atoms with Gasteiger partial charge >= 0.3 is 5.97 Å². The summed E-state index contributed by atoms with van der Waals surface area (Å²) in [5, 5.41) is 0. The molecule has 5 nitrogen and oxygen atoms in total. The Kier molecular flexibility index (Phi) is 6.98. The number of carbonyl (C=O) groups excluding carboxylic acids is 1. The molecule has 178 valence electrons. The highest BCUT2D eigenvalue weighted by Gasteiger charge is 2.32. The molecular formula is C28H30FNO4. The van der Waals surface area contributed by atoms with Crippen LogP contribution in [0.2, 0.25) is 0 Å². The number of rotatable bonds is 7. The summed E-state index contributed by atoms with van der Waals surface area (Å²) >= 11 is 0. The van der Waals surface area contributed by atoms with E-state index in [-0.39, 0.29) is 24.5 Å². The molecule has 1 heterocycles. The maximum Gasteiger partial charge on any atom is 0.332 e. The molecule has 0 atom stereocenters. The third kappa shape index (κ3) is 6.20. The second-order valence-electron chi connectivity index (χ2n) is 9.69. The highest BCUT2D eigenvalue weighted by Crippen LogP contribution is 2.39. The van der Waals surface area contributed by atoms with Crippen molar-refractivity contribution in [1.29, 1.82) is 0 Å². The van der Waals surface area contributed by atoms with Crippen molar-refractivity contribution >= 4 is 5.97 Å². The summed E-state index contributed by atoms with van der Waals surface area (Å²) in [5.41, 5.74) is 2.84. The number of pyridine rings is 1. The lowest BCUT2D eigenvalue weighted by atomic mass is 9.77. The third-order valence-corrected chi connectivity index (χ3v) is 5.70. The van der Waals surface area contributed by atoms with E-state index in [0.29, 0.717) is 23.0 Å². The largest absolute Gasteiger partial charge is 0.458 e. The smallest absolute Gasteiger partial charge is 0.332 e. The Labute approximate surface area is 199 Å². The second kappa shape index (κ2) is 9.94. The normalized spacial score (nSPS) is 17.7. The molecule has 0 bridgehead atoms. The summed E-state index contributed by atoms with van der Waals surface area (Å²) in [6.45, 7) is 7.40. The molecule has 0 N–H and O–H groups in total. The molecule has 6 heteroatoms. The number of benzene rings is 2. The first-order valence-corrected chi connectivity index (χ1v) is 11.5. The lowest BCUT2D eigenvalue weighted by molar-refractivity contribution is -0.164. The average Bonchev–Trinajstić information content (AvgIpc) is 2.75. The van der Waals surface area contributed by atoms with E-state index in [2.05, 4.69) is 4.98 Å². The van der Waals surface area contributed by atoms with E-state index in [4.69, 9.17) is 14.2 Å². The van der Waals surface area contributed by atoms with Gasteiger partial charge in [-0.05, 0) is 87.9 Å². The van der Waals surface area contributed by atoms with Crippen LogP contribution in [0.15, 0.2) is 60.8 Å². The van der Waals surface area contributed by atoms with Gasteiger partial charge in [0.05, 0.1) is 12.3 Å². The van der Waals surface area contributed by atoms with E-state index in [0.717, 1.165) is 24.1 Å². The Morgan fingerprint density at radius 2 is 1.74 bits per heavy atom. The van der Waals surface area contributed by atoms with Gasteiger partial charge in [-0.3, -0.25) is 4.98 Å². The number of esters is 1. The number of aryl methyl sites for hydroxylation is 1. The molecule has 1 fully saturated rings. The molecule has 1 saturated carbocycles. The standard InChI is InChI=1S/C28H30FNO4/c1-18-5-10-23(16-30-18)33-22-11-12-26(29)25(15-22)20-8-6-19(7-9-20)21-13-24(14-21)32-17-27(31)34-28(2,3)4/h5-12,15-16,21,24H,13-14,17H2,1-4H3. The Morgan fingerprint density at radius 3 is 2.38 bits per heavy atom. The fourth-order valence-corrected chi connectivity index (χ4v) is 3.91. The minimum atomic E-state index is -0.507. The molecule has 4 rings (SSSR count). The van der Waals surface area contributed by atoms with Gasteiger partial charge in [0.15, 0.2) is 0 Å². The summed E-state index contributed by atoms with van der Waals surface area (Å²) in [6, 6.07) is 16.3. The van der Waals surface area contributed by atoms with Crippen LogP contribution in [-0.4, -0.2) is 29.3 Å². The fraction of sp³-hybridized carbons (Fsp3) is 0.357. The number of carbonyl (C=O) groups is 1. The van der Waals surface area contributed by atoms with Crippen LogP contribution in [0.25, 0.3) is 11.1 Å². The number of ether oxygens (including phenoxy) is 3. The lowest BCUT2D eigenvalue weighted by Crippen LogP contribution is -2.33. The van der Waals surface area contributed by atoms with Gasteiger partial charge in [0.1, 0.15) is 29.5 Å². The van der Waals surface area contributed by atoms with Crippen LogP contribution < -0.4 is 4.74 Å². The average molecular weight is 464 g/mol. The third-order valence-electron chi connectivity index (χ3n) is 5.70. The molecule has 0 saturated heterocycles.